The SMILES string of the molecule is O=C(O)NCCOc1ccc(Oc2ccc(F)cc2)cc1. The molecule has 2 aromatic rings. The molecule has 0 aliphatic heterocycles. The lowest BCUT2D eigenvalue weighted by Crippen LogP contribution is -2.26. The van der Waals surface area contributed by atoms with Crippen molar-refractivity contribution >= 4 is 6.09 Å². The Kier molecular flexibility index (Phi) is 4.98. The van der Waals surface area contributed by atoms with Crippen LogP contribution in [0.1, 0.15) is 0 Å². The third-order valence-corrected chi connectivity index (χ3v) is 2.52. The molecule has 0 atom stereocenters. The molecule has 2 aromatic carbocycles. The normalized spacial score (nSPS) is 9.95. The highest BCUT2D eigenvalue weighted by atomic mass is 19.1. The van der Waals surface area contributed by atoms with Crippen molar-refractivity contribution in [2.45, 2.75) is 0 Å². The Hall–Kier alpha value is -2.76. The lowest BCUT2D eigenvalue weighted by atomic mass is 10.3. The predicted molar refractivity (Wildman–Crippen MR) is 74.4 cm³/mol. The average molecular weight is 291 g/mol. The van der Waals surface area contributed by atoms with E-state index < -0.39 is 6.09 Å². The van der Waals surface area contributed by atoms with Crippen molar-refractivity contribution in [2.24, 2.45) is 0 Å². The zero-order valence-electron chi connectivity index (χ0n) is 11.1. The Morgan fingerprint density at radius 1 is 1.00 bits per heavy atom. The molecule has 5 nitrogen and oxygen atoms in total. The van der Waals surface area contributed by atoms with E-state index in [-0.39, 0.29) is 19.0 Å². The Balaban J connectivity index is 1.84. The molecule has 0 heterocycles. The van der Waals surface area contributed by atoms with E-state index >= 15 is 0 Å². The second kappa shape index (κ2) is 7.14. The third-order valence-electron chi connectivity index (χ3n) is 2.52. The van der Waals surface area contributed by atoms with Gasteiger partial charge in [0.15, 0.2) is 0 Å². The van der Waals surface area contributed by atoms with Crippen LogP contribution in [0.5, 0.6) is 17.2 Å². The number of hydrogen-bond donors (Lipinski definition) is 2. The first-order chi connectivity index (χ1) is 10.1. The topological polar surface area (TPSA) is 67.8 Å². The van der Waals surface area contributed by atoms with Gasteiger partial charge in [0.25, 0.3) is 0 Å². The molecule has 110 valence electrons. The largest absolute Gasteiger partial charge is 0.492 e. The van der Waals surface area contributed by atoms with E-state index in [2.05, 4.69) is 5.32 Å². The van der Waals surface area contributed by atoms with Crippen LogP contribution < -0.4 is 14.8 Å². The van der Waals surface area contributed by atoms with Gasteiger partial charge in [-0.15, -0.1) is 0 Å². The molecule has 0 saturated carbocycles. The van der Waals surface area contributed by atoms with Crippen LogP contribution >= 0.6 is 0 Å². The summed E-state index contributed by atoms with van der Waals surface area (Å²) in [6.07, 6.45) is -1.08. The van der Waals surface area contributed by atoms with Gasteiger partial charge in [0.2, 0.25) is 0 Å². The number of nitrogens with one attached hydrogen (secondary N) is 1. The van der Waals surface area contributed by atoms with Crippen molar-refractivity contribution in [1.29, 1.82) is 0 Å². The summed E-state index contributed by atoms with van der Waals surface area (Å²) in [6, 6.07) is 12.6. The summed E-state index contributed by atoms with van der Waals surface area (Å²) in [5.41, 5.74) is 0. The predicted octanol–water partition coefficient (Wildman–Crippen LogP) is 3.26. The lowest BCUT2D eigenvalue weighted by Gasteiger charge is -2.08. The number of ether oxygens (including phenoxy) is 2. The van der Waals surface area contributed by atoms with Gasteiger partial charge in [-0.2, -0.15) is 0 Å². The molecular weight excluding hydrogens is 277 g/mol. The second-order valence-electron chi connectivity index (χ2n) is 4.11. The van der Waals surface area contributed by atoms with Gasteiger partial charge in [0, 0.05) is 0 Å². The van der Waals surface area contributed by atoms with E-state index in [0.717, 1.165) is 0 Å². The summed E-state index contributed by atoms with van der Waals surface area (Å²) in [4.78, 5) is 10.2. The van der Waals surface area contributed by atoms with Gasteiger partial charge in [-0.3, -0.25) is 0 Å². The number of rotatable bonds is 6. The van der Waals surface area contributed by atoms with Crippen LogP contribution in [-0.4, -0.2) is 24.4 Å². The van der Waals surface area contributed by atoms with Crippen LogP contribution in [0.4, 0.5) is 9.18 Å². The molecule has 21 heavy (non-hydrogen) atoms. The van der Waals surface area contributed by atoms with Gasteiger partial charge in [-0.05, 0) is 48.5 Å². The molecule has 6 heteroatoms. The van der Waals surface area contributed by atoms with E-state index in [1.54, 1.807) is 24.3 Å². The van der Waals surface area contributed by atoms with Gasteiger partial charge in [-0.25, -0.2) is 9.18 Å². The van der Waals surface area contributed by atoms with Crippen LogP contribution in [-0.2, 0) is 0 Å². The maximum absolute atomic E-state index is 12.8. The van der Waals surface area contributed by atoms with E-state index in [9.17, 15) is 9.18 Å². The zero-order valence-corrected chi connectivity index (χ0v) is 11.1. The summed E-state index contributed by atoms with van der Waals surface area (Å²) >= 11 is 0. The fourth-order valence-corrected chi connectivity index (χ4v) is 1.57. The summed E-state index contributed by atoms with van der Waals surface area (Å²) < 4.78 is 23.6. The molecule has 2 N–H and O–H groups in total. The number of halogens is 1. The number of carboxylic acid groups (broad SMARTS) is 1. The van der Waals surface area contributed by atoms with Gasteiger partial charge >= 0.3 is 6.09 Å². The van der Waals surface area contributed by atoms with Crippen LogP contribution in [0, 0.1) is 5.82 Å². The smallest absolute Gasteiger partial charge is 0.404 e. The minimum Gasteiger partial charge on any atom is -0.492 e. The van der Waals surface area contributed by atoms with Gasteiger partial charge in [-0.1, -0.05) is 0 Å². The van der Waals surface area contributed by atoms with Gasteiger partial charge in [0.05, 0.1) is 6.54 Å². The molecule has 0 aliphatic carbocycles. The molecule has 0 spiro atoms. The molecule has 0 unspecified atom stereocenters. The first-order valence-electron chi connectivity index (χ1n) is 6.26. The van der Waals surface area contributed by atoms with Crippen molar-refractivity contribution in [3.63, 3.8) is 0 Å². The van der Waals surface area contributed by atoms with Crippen LogP contribution in [0.25, 0.3) is 0 Å². The zero-order chi connectivity index (χ0) is 15.1. The second-order valence-corrected chi connectivity index (χ2v) is 4.11. The Labute approximate surface area is 120 Å². The van der Waals surface area contributed by atoms with Crippen LogP contribution in [0.15, 0.2) is 48.5 Å². The van der Waals surface area contributed by atoms with E-state index in [1.807, 2.05) is 0 Å². The van der Waals surface area contributed by atoms with E-state index in [4.69, 9.17) is 14.6 Å². The maximum atomic E-state index is 12.8. The van der Waals surface area contributed by atoms with Crippen molar-refractivity contribution < 1.29 is 23.8 Å². The molecule has 0 radical (unpaired) electrons. The standard InChI is InChI=1S/C15H14FNO4/c16-11-1-3-13(4-2-11)21-14-7-5-12(6-8-14)20-10-9-17-15(18)19/h1-8,17H,9-10H2,(H,18,19). The molecule has 0 fully saturated rings. The minimum atomic E-state index is -1.08. The monoisotopic (exact) mass is 291 g/mol. The fraction of sp³-hybridized carbons (Fsp3) is 0.133. The summed E-state index contributed by atoms with van der Waals surface area (Å²) in [5.74, 6) is 1.42. The highest BCUT2D eigenvalue weighted by Crippen LogP contribution is 2.23. The number of hydrogen-bond acceptors (Lipinski definition) is 3. The Morgan fingerprint density at radius 3 is 2.10 bits per heavy atom. The number of carbonyl (C=O) groups is 1. The molecular formula is C15H14FNO4. The number of benzene rings is 2. The average Bonchev–Trinajstić information content (AvgIpc) is 2.47. The lowest BCUT2D eigenvalue weighted by molar-refractivity contribution is 0.191. The Morgan fingerprint density at radius 2 is 1.52 bits per heavy atom. The highest BCUT2D eigenvalue weighted by Gasteiger charge is 2.00. The summed E-state index contributed by atoms with van der Waals surface area (Å²) in [5, 5.41) is 10.6. The maximum Gasteiger partial charge on any atom is 0.404 e. The minimum absolute atomic E-state index is 0.211. The van der Waals surface area contributed by atoms with Crippen molar-refractivity contribution in [3.8, 4) is 17.2 Å². The van der Waals surface area contributed by atoms with Crippen LogP contribution in [0.3, 0.4) is 0 Å². The Bertz CT molecular complexity index is 584. The van der Waals surface area contributed by atoms with E-state index in [0.29, 0.717) is 17.2 Å². The van der Waals surface area contributed by atoms with Gasteiger partial charge < -0.3 is 19.9 Å². The van der Waals surface area contributed by atoms with Crippen molar-refractivity contribution in [2.75, 3.05) is 13.2 Å². The molecule has 0 bridgehead atoms. The van der Waals surface area contributed by atoms with Crippen molar-refractivity contribution in [1.82, 2.24) is 5.32 Å². The first-order valence-corrected chi connectivity index (χ1v) is 6.26. The van der Waals surface area contributed by atoms with Crippen LogP contribution in [0.2, 0.25) is 0 Å². The number of amides is 1. The fourth-order valence-electron chi connectivity index (χ4n) is 1.57. The first kappa shape index (κ1) is 14.6. The van der Waals surface area contributed by atoms with Gasteiger partial charge in [0.1, 0.15) is 29.7 Å². The molecule has 0 aromatic heterocycles. The highest BCUT2D eigenvalue weighted by molar-refractivity contribution is 5.64. The third kappa shape index (κ3) is 5.02. The van der Waals surface area contributed by atoms with E-state index in [1.165, 1.54) is 24.3 Å². The molecule has 1 amide bonds. The molecule has 0 aliphatic rings. The molecule has 0 saturated heterocycles. The molecule has 2 rings (SSSR count). The quantitative estimate of drug-likeness (QED) is 0.802. The summed E-state index contributed by atoms with van der Waals surface area (Å²) in [7, 11) is 0. The summed E-state index contributed by atoms with van der Waals surface area (Å²) in [6.45, 7) is 0.452. The van der Waals surface area contributed by atoms with Crippen molar-refractivity contribution in [3.05, 3.63) is 54.3 Å².